The van der Waals surface area contributed by atoms with Crippen LogP contribution in [0.4, 0.5) is 13.2 Å². The van der Waals surface area contributed by atoms with Gasteiger partial charge in [-0.2, -0.15) is 0 Å². The predicted octanol–water partition coefficient (Wildman–Crippen LogP) is 7.03. The molecule has 1 aliphatic rings. The lowest BCUT2D eigenvalue weighted by Gasteiger charge is -2.27. The smallest absolute Gasteiger partial charge is 0.406 e. The van der Waals surface area contributed by atoms with Gasteiger partial charge in [0.15, 0.2) is 0 Å². The molecule has 0 aliphatic heterocycles. The first-order chi connectivity index (χ1) is 13.9. The van der Waals surface area contributed by atoms with Crippen LogP contribution in [0.25, 0.3) is 0 Å². The predicted molar refractivity (Wildman–Crippen MR) is 110 cm³/mol. The highest BCUT2D eigenvalue weighted by Gasteiger charge is 2.30. The van der Waals surface area contributed by atoms with Crippen LogP contribution in [-0.2, 0) is 6.42 Å². The van der Waals surface area contributed by atoms with Crippen LogP contribution in [0.1, 0.15) is 55.2 Å². The van der Waals surface area contributed by atoms with Gasteiger partial charge in [-0.15, -0.1) is 13.2 Å². The van der Waals surface area contributed by atoms with Gasteiger partial charge < -0.3 is 4.74 Å². The van der Waals surface area contributed by atoms with Crippen LogP contribution in [0.5, 0.6) is 5.75 Å². The maximum absolute atomic E-state index is 12.2. The lowest BCUT2D eigenvalue weighted by Crippen LogP contribution is -2.16. The second-order valence-electron chi connectivity index (χ2n) is 7.41. The van der Waals surface area contributed by atoms with Gasteiger partial charge in [-0.25, -0.2) is 0 Å². The Morgan fingerprint density at radius 1 is 0.966 bits per heavy atom. The highest BCUT2D eigenvalue weighted by molar-refractivity contribution is 5.40. The number of benzene rings is 2. The molecule has 0 amide bonds. The Morgan fingerprint density at radius 3 is 2.21 bits per heavy atom. The van der Waals surface area contributed by atoms with E-state index in [4.69, 9.17) is 0 Å². The molecule has 2 aromatic carbocycles. The molecule has 4 heteroatoms. The van der Waals surface area contributed by atoms with E-state index < -0.39 is 6.36 Å². The maximum atomic E-state index is 12.2. The summed E-state index contributed by atoms with van der Waals surface area (Å²) in [5, 5.41) is 0. The summed E-state index contributed by atoms with van der Waals surface area (Å²) in [6.07, 6.45) is 5.11. The fourth-order valence-electron chi connectivity index (χ4n) is 3.72. The van der Waals surface area contributed by atoms with E-state index >= 15 is 0 Å². The molecule has 0 bridgehead atoms. The molecule has 1 nitrogen and oxygen atoms in total. The first-order valence-electron chi connectivity index (χ1n) is 10.1. The van der Waals surface area contributed by atoms with Crippen molar-refractivity contribution in [1.82, 2.24) is 0 Å². The Hall–Kier alpha value is -2.67. The highest BCUT2D eigenvalue weighted by Crippen LogP contribution is 2.36. The van der Waals surface area contributed by atoms with Gasteiger partial charge in [0.1, 0.15) is 5.75 Å². The van der Waals surface area contributed by atoms with Gasteiger partial charge in [0.25, 0.3) is 0 Å². The summed E-state index contributed by atoms with van der Waals surface area (Å²) >= 11 is 0. The van der Waals surface area contributed by atoms with Crippen molar-refractivity contribution >= 4 is 0 Å². The first kappa shape index (κ1) is 21.0. The van der Waals surface area contributed by atoms with Crippen molar-refractivity contribution in [1.29, 1.82) is 0 Å². The van der Waals surface area contributed by atoms with Crippen LogP contribution in [0, 0.1) is 17.8 Å². The van der Waals surface area contributed by atoms with Gasteiger partial charge in [0.05, 0.1) is 0 Å². The number of aryl methyl sites for hydroxylation is 1. The van der Waals surface area contributed by atoms with Crippen molar-refractivity contribution in [2.24, 2.45) is 5.92 Å². The molecule has 3 rings (SSSR count). The molecular formula is C25H25F3O. The SMILES string of the molecule is CCc1ccc([C@H]2CC[C@H](/C=C/C#Cc3ccc(OC(F)(F)F)cc3)CC2)cc1. The molecular weight excluding hydrogens is 373 g/mol. The fourth-order valence-corrected chi connectivity index (χ4v) is 3.72. The van der Waals surface area contributed by atoms with E-state index in [0.29, 0.717) is 17.4 Å². The number of allylic oxidation sites excluding steroid dienone is 2. The Kier molecular flexibility index (Phi) is 7.04. The summed E-state index contributed by atoms with van der Waals surface area (Å²) in [5.41, 5.74) is 3.48. The van der Waals surface area contributed by atoms with Gasteiger partial charge >= 0.3 is 6.36 Å². The molecule has 0 unspecified atom stereocenters. The topological polar surface area (TPSA) is 9.23 Å². The third kappa shape index (κ3) is 6.71. The summed E-state index contributed by atoms with van der Waals surface area (Å²) in [7, 11) is 0. The van der Waals surface area contributed by atoms with E-state index in [0.717, 1.165) is 19.3 Å². The number of halogens is 3. The minimum absolute atomic E-state index is 0.236. The number of rotatable bonds is 4. The normalized spacial score (nSPS) is 19.6. The Morgan fingerprint density at radius 2 is 1.62 bits per heavy atom. The van der Waals surface area contributed by atoms with Crippen LogP contribution in [0.2, 0.25) is 0 Å². The molecule has 0 saturated heterocycles. The van der Waals surface area contributed by atoms with Crippen LogP contribution in [0.15, 0.2) is 60.7 Å². The number of ether oxygens (including phenoxy) is 1. The summed E-state index contributed by atoms with van der Waals surface area (Å²) in [6.45, 7) is 2.17. The maximum Gasteiger partial charge on any atom is 0.573 e. The van der Waals surface area contributed by atoms with Crippen LogP contribution in [0.3, 0.4) is 0 Å². The fraction of sp³-hybridized carbons (Fsp3) is 0.360. The Labute approximate surface area is 170 Å². The monoisotopic (exact) mass is 398 g/mol. The van der Waals surface area contributed by atoms with Crippen molar-refractivity contribution in [3.63, 3.8) is 0 Å². The van der Waals surface area contributed by atoms with Gasteiger partial charge in [0, 0.05) is 5.56 Å². The number of hydrogen-bond donors (Lipinski definition) is 0. The van der Waals surface area contributed by atoms with Gasteiger partial charge in [-0.05, 0) is 85.4 Å². The van der Waals surface area contributed by atoms with Crippen LogP contribution in [-0.4, -0.2) is 6.36 Å². The minimum atomic E-state index is -4.67. The largest absolute Gasteiger partial charge is 0.573 e. The zero-order valence-electron chi connectivity index (χ0n) is 16.5. The third-order valence-corrected chi connectivity index (χ3v) is 5.39. The average Bonchev–Trinajstić information content (AvgIpc) is 2.72. The van der Waals surface area contributed by atoms with E-state index in [2.05, 4.69) is 53.8 Å². The minimum Gasteiger partial charge on any atom is -0.406 e. The standard InChI is InChI=1S/C25H25F3O/c1-2-19-7-13-22(14-8-19)23-15-9-20(10-16-23)5-3-4-6-21-11-17-24(18-12-21)29-25(26,27)28/h3,5,7-8,11-14,17-18,20,23H,2,9-10,15-16H2,1H3/b5-3+/t20-,23-. The van der Waals surface area contributed by atoms with Gasteiger partial charge in [-0.3, -0.25) is 0 Å². The van der Waals surface area contributed by atoms with E-state index in [1.165, 1.54) is 48.2 Å². The zero-order chi connectivity index (χ0) is 20.7. The molecule has 1 saturated carbocycles. The second kappa shape index (κ2) is 9.69. The Balaban J connectivity index is 1.47. The van der Waals surface area contributed by atoms with Crippen molar-refractivity contribution in [3.8, 4) is 17.6 Å². The van der Waals surface area contributed by atoms with Crippen molar-refractivity contribution in [3.05, 3.63) is 77.4 Å². The van der Waals surface area contributed by atoms with Crippen molar-refractivity contribution < 1.29 is 17.9 Å². The van der Waals surface area contributed by atoms with E-state index in [1.807, 2.05) is 6.08 Å². The van der Waals surface area contributed by atoms with Crippen LogP contribution < -0.4 is 4.74 Å². The van der Waals surface area contributed by atoms with E-state index in [-0.39, 0.29) is 5.75 Å². The lowest BCUT2D eigenvalue weighted by molar-refractivity contribution is -0.274. The summed E-state index contributed by atoms with van der Waals surface area (Å²) < 4.78 is 40.3. The molecule has 0 radical (unpaired) electrons. The molecule has 2 aromatic rings. The van der Waals surface area contributed by atoms with E-state index in [1.54, 1.807) is 0 Å². The molecule has 0 heterocycles. The number of hydrogen-bond acceptors (Lipinski definition) is 1. The quantitative estimate of drug-likeness (QED) is 0.502. The molecule has 1 aliphatic carbocycles. The summed E-state index contributed by atoms with van der Waals surface area (Å²) in [6, 6.07) is 14.6. The Bertz CT molecular complexity index is 860. The zero-order valence-corrected chi connectivity index (χ0v) is 16.5. The first-order valence-corrected chi connectivity index (χ1v) is 10.1. The third-order valence-electron chi connectivity index (χ3n) is 5.39. The highest BCUT2D eigenvalue weighted by atomic mass is 19.4. The van der Waals surface area contributed by atoms with Crippen LogP contribution >= 0.6 is 0 Å². The molecule has 0 N–H and O–H groups in total. The second-order valence-corrected chi connectivity index (χ2v) is 7.41. The average molecular weight is 398 g/mol. The summed E-state index contributed by atoms with van der Waals surface area (Å²) in [4.78, 5) is 0. The van der Waals surface area contributed by atoms with E-state index in [9.17, 15) is 13.2 Å². The molecule has 29 heavy (non-hydrogen) atoms. The van der Waals surface area contributed by atoms with Crippen molar-refractivity contribution in [2.45, 2.75) is 51.3 Å². The molecule has 1 fully saturated rings. The summed E-state index contributed by atoms with van der Waals surface area (Å²) in [5.74, 6) is 6.88. The molecule has 152 valence electrons. The number of alkyl halides is 3. The molecule has 0 atom stereocenters. The lowest BCUT2D eigenvalue weighted by atomic mass is 9.78. The van der Waals surface area contributed by atoms with Gasteiger partial charge in [0.2, 0.25) is 0 Å². The van der Waals surface area contributed by atoms with Gasteiger partial charge in [-0.1, -0.05) is 49.1 Å². The molecule has 0 aromatic heterocycles. The molecule has 0 spiro atoms. The van der Waals surface area contributed by atoms with Crippen molar-refractivity contribution in [2.75, 3.05) is 0 Å².